The quantitative estimate of drug-likeness (QED) is 0.877. The fraction of sp³-hybridized carbons (Fsp3) is 0. The van der Waals surface area contributed by atoms with Crippen LogP contribution in [-0.4, -0.2) is 11.2 Å². The zero-order valence-corrected chi connectivity index (χ0v) is 9.92. The fourth-order valence-corrected chi connectivity index (χ4v) is 1.43. The lowest BCUT2D eigenvalue weighted by atomic mass is 10.3. The van der Waals surface area contributed by atoms with Crippen molar-refractivity contribution < 1.29 is 9.32 Å². The van der Waals surface area contributed by atoms with Crippen molar-refractivity contribution in [1.82, 2.24) is 5.16 Å². The van der Waals surface area contributed by atoms with Crippen LogP contribution in [-0.2, 0) is 0 Å². The van der Waals surface area contributed by atoms with E-state index in [-0.39, 0.29) is 0 Å². The minimum Gasteiger partial charge on any atom is -0.363 e. The van der Waals surface area contributed by atoms with E-state index in [2.05, 4.69) is 20.3 Å². The number of halogens is 2. The van der Waals surface area contributed by atoms with Crippen LogP contribution < -0.4 is 10.6 Å². The van der Waals surface area contributed by atoms with Crippen LogP contribution in [0.4, 0.5) is 16.3 Å². The summed E-state index contributed by atoms with van der Waals surface area (Å²) in [5.74, 6) is 0.322. The number of hydrogen-bond donors (Lipinski definition) is 2. The van der Waals surface area contributed by atoms with Crippen molar-refractivity contribution in [3.8, 4) is 0 Å². The van der Waals surface area contributed by atoms with E-state index in [0.717, 1.165) is 0 Å². The summed E-state index contributed by atoms with van der Waals surface area (Å²) < 4.78 is 4.57. The Bertz CT molecular complexity index is 528. The minimum atomic E-state index is -0.447. The third-order valence-corrected chi connectivity index (χ3v) is 2.60. The van der Waals surface area contributed by atoms with Crippen molar-refractivity contribution in [2.45, 2.75) is 0 Å². The number of rotatable bonds is 2. The van der Waals surface area contributed by atoms with Crippen LogP contribution in [0, 0.1) is 0 Å². The molecular weight excluding hydrogens is 265 g/mol. The molecule has 2 N–H and O–H groups in total. The van der Waals surface area contributed by atoms with E-state index in [1.165, 1.54) is 12.3 Å². The van der Waals surface area contributed by atoms with Gasteiger partial charge in [0.25, 0.3) is 0 Å². The molecule has 17 heavy (non-hydrogen) atoms. The molecule has 0 aliphatic rings. The maximum Gasteiger partial charge on any atom is 0.324 e. The maximum absolute atomic E-state index is 11.5. The van der Waals surface area contributed by atoms with Crippen LogP contribution in [0.2, 0.25) is 10.0 Å². The predicted octanol–water partition coefficient (Wildman–Crippen LogP) is 3.63. The summed E-state index contributed by atoms with van der Waals surface area (Å²) in [4.78, 5) is 11.5. The molecule has 2 rings (SSSR count). The van der Waals surface area contributed by atoms with Gasteiger partial charge in [0.2, 0.25) is 0 Å². The molecule has 0 aliphatic carbocycles. The first kappa shape index (κ1) is 11.8. The second kappa shape index (κ2) is 5.07. The predicted molar refractivity (Wildman–Crippen MR) is 65.6 cm³/mol. The molecular formula is C10H7Cl2N3O2. The molecule has 1 heterocycles. The number of carbonyl (C=O) groups excluding carboxylic acids is 1. The molecule has 1 aromatic carbocycles. The van der Waals surface area contributed by atoms with E-state index in [4.69, 9.17) is 23.2 Å². The van der Waals surface area contributed by atoms with Crippen molar-refractivity contribution in [2.75, 3.05) is 10.6 Å². The summed E-state index contributed by atoms with van der Waals surface area (Å²) >= 11 is 11.6. The highest BCUT2D eigenvalue weighted by atomic mass is 35.5. The molecule has 0 bridgehead atoms. The molecule has 0 unspecified atom stereocenters. The van der Waals surface area contributed by atoms with Crippen molar-refractivity contribution >= 4 is 40.7 Å². The van der Waals surface area contributed by atoms with Crippen molar-refractivity contribution in [3.63, 3.8) is 0 Å². The van der Waals surface area contributed by atoms with Gasteiger partial charge in [-0.1, -0.05) is 28.4 Å². The maximum atomic E-state index is 11.5. The molecule has 7 heteroatoms. The van der Waals surface area contributed by atoms with E-state index >= 15 is 0 Å². The van der Waals surface area contributed by atoms with Gasteiger partial charge in [0.15, 0.2) is 5.82 Å². The van der Waals surface area contributed by atoms with Crippen LogP contribution in [0.3, 0.4) is 0 Å². The molecule has 5 nitrogen and oxygen atoms in total. The first-order valence-corrected chi connectivity index (χ1v) is 5.34. The minimum absolute atomic E-state index is 0.322. The number of amides is 2. The largest absolute Gasteiger partial charge is 0.363 e. The zero-order valence-electron chi connectivity index (χ0n) is 8.41. The van der Waals surface area contributed by atoms with E-state index in [9.17, 15) is 4.79 Å². The third-order valence-electron chi connectivity index (χ3n) is 1.86. The fourth-order valence-electron chi connectivity index (χ4n) is 1.13. The van der Waals surface area contributed by atoms with Gasteiger partial charge in [-0.05, 0) is 18.2 Å². The van der Waals surface area contributed by atoms with Gasteiger partial charge in [-0.2, -0.15) is 0 Å². The van der Waals surface area contributed by atoms with Gasteiger partial charge in [-0.3, -0.25) is 5.32 Å². The summed E-state index contributed by atoms with van der Waals surface area (Å²) in [5.41, 5.74) is 0.528. The van der Waals surface area contributed by atoms with E-state index < -0.39 is 6.03 Å². The van der Waals surface area contributed by atoms with Gasteiger partial charge in [0.05, 0.1) is 10.0 Å². The average molecular weight is 272 g/mol. The van der Waals surface area contributed by atoms with Crippen LogP contribution in [0.5, 0.6) is 0 Å². The highest BCUT2D eigenvalue weighted by Gasteiger charge is 2.05. The van der Waals surface area contributed by atoms with Gasteiger partial charge < -0.3 is 9.84 Å². The normalized spacial score (nSPS) is 10.0. The highest BCUT2D eigenvalue weighted by molar-refractivity contribution is 6.42. The number of anilines is 2. The Hall–Kier alpha value is -1.72. The molecule has 2 amide bonds. The number of hydrogen-bond acceptors (Lipinski definition) is 3. The Balaban J connectivity index is 2.00. The zero-order chi connectivity index (χ0) is 12.3. The number of nitrogens with zero attached hydrogens (tertiary/aromatic N) is 1. The van der Waals surface area contributed by atoms with Crippen molar-refractivity contribution in [3.05, 3.63) is 40.6 Å². The standard InChI is InChI=1S/C10H7Cl2N3O2/c11-7-2-1-6(5-8(7)12)13-10(16)14-9-3-4-17-15-9/h1-5H,(H2,13,14,15,16). The molecule has 0 atom stereocenters. The molecule has 0 fully saturated rings. The summed E-state index contributed by atoms with van der Waals surface area (Å²) in [6, 6.07) is 5.85. The molecule has 1 aromatic heterocycles. The molecule has 2 aromatic rings. The van der Waals surface area contributed by atoms with Crippen LogP contribution >= 0.6 is 23.2 Å². The second-order valence-electron chi connectivity index (χ2n) is 3.09. The van der Waals surface area contributed by atoms with E-state index in [0.29, 0.717) is 21.6 Å². The Morgan fingerprint density at radius 2 is 2.00 bits per heavy atom. The van der Waals surface area contributed by atoms with Crippen LogP contribution in [0.1, 0.15) is 0 Å². The summed E-state index contributed by atoms with van der Waals surface area (Å²) in [5, 5.41) is 9.37. The Morgan fingerprint density at radius 3 is 2.65 bits per heavy atom. The Kier molecular flexibility index (Phi) is 3.51. The molecule has 0 aliphatic heterocycles. The summed E-state index contributed by atoms with van der Waals surface area (Å²) in [6.07, 6.45) is 1.36. The average Bonchev–Trinajstić information content (AvgIpc) is 2.76. The van der Waals surface area contributed by atoms with Crippen LogP contribution in [0.25, 0.3) is 0 Å². The summed E-state index contributed by atoms with van der Waals surface area (Å²) in [6.45, 7) is 0. The number of urea groups is 1. The van der Waals surface area contributed by atoms with Crippen molar-refractivity contribution in [1.29, 1.82) is 0 Å². The second-order valence-corrected chi connectivity index (χ2v) is 3.91. The highest BCUT2D eigenvalue weighted by Crippen LogP contribution is 2.24. The van der Waals surface area contributed by atoms with E-state index in [1.54, 1.807) is 18.2 Å². The van der Waals surface area contributed by atoms with Crippen molar-refractivity contribution in [2.24, 2.45) is 0 Å². The van der Waals surface area contributed by atoms with Gasteiger partial charge in [0.1, 0.15) is 6.26 Å². The lowest BCUT2D eigenvalue weighted by Gasteiger charge is -2.06. The monoisotopic (exact) mass is 271 g/mol. The Morgan fingerprint density at radius 1 is 1.18 bits per heavy atom. The first-order valence-electron chi connectivity index (χ1n) is 4.58. The summed E-state index contributed by atoms with van der Waals surface area (Å²) in [7, 11) is 0. The lowest BCUT2D eigenvalue weighted by molar-refractivity contribution is 0.262. The number of nitrogens with one attached hydrogen (secondary N) is 2. The number of benzene rings is 1. The molecule has 0 spiro atoms. The molecule has 0 saturated carbocycles. The Labute approximate surface area is 107 Å². The molecule has 0 radical (unpaired) electrons. The van der Waals surface area contributed by atoms with E-state index in [1.807, 2.05) is 0 Å². The van der Waals surface area contributed by atoms with Crippen LogP contribution in [0.15, 0.2) is 35.1 Å². The molecule has 88 valence electrons. The smallest absolute Gasteiger partial charge is 0.324 e. The van der Waals surface area contributed by atoms with Gasteiger partial charge >= 0.3 is 6.03 Å². The SMILES string of the molecule is O=C(Nc1ccc(Cl)c(Cl)c1)Nc1ccon1. The number of aromatic nitrogens is 1. The third kappa shape index (κ3) is 3.12. The molecule has 0 saturated heterocycles. The topological polar surface area (TPSA) is 67.2 Å². The van der Waals surface area contributed by atoms with Gasteiger partial charge in [0, 0.05) is 11.8 Å². The van der Waals surface area contributed by atoms with Gasteiger partial charge in [-0.25, -0.2) is 4.79 Å². The first-order chi connectivity index (χ1) is 8.15. The lowest BCUT2D eigenvalue weighted by Crippen LogP contribution is -2.19. The van der Waals surface area contributed by atoms with Gasteiger partial charge in [-0.15, -0.1) is 0 Å². The number of carbonyl (C=O) groups is 1.